The summed E-state index contributed by atoms with van der Waals surface area (Å²) in [6.45, 7) is 0. The zero-order valence-electron chi connectivity index (χ0n) is 11.8. The number of benzene rings is 1. The highest BCUT2D eigenvalue weighted by molar-refractivity contribution is 5.77. The fourth-order valence-electron chi connectivity index (χ4n) is 2.30. The van der Waals surface area contributed by atoms with E-state index >= 15 is 0 Å². The molecule has 0 amide bonds. The van der Waals surface area contributed by atoms with Crippen LogP contribution in [0.25, 0.3) is 16.9 Å². The van der Waals surface area contributed by atoms with Gasteiger partial charge in [-0.05, 0) is 36.4 Å². The molecule has 0 saturated heterocycles. The SMILES string of the molecule is CNc1c(-c2ccc(OC)cc2)nc2cc(C#N)ccn12. The van der Waals surface area contributed by atoms with Crippen molar-refractivity contribution >= 4 is 11.5 Å². The molecule has 0 radical (unpaired) electrons. The van der Waals surface area contributed by atoms with Crippen LogP contribution in [0.1, 0.15) is 5.56 Å². The lowest BCUT2D eigenvalue weighted by Gasteiger charge is -2.05. The molecule has 0 aliphatic carbocycles. The summed E-state index contributed by atoms with van der Waals surface area (Å²) in [7, 11) is 3.50. The average Bonchev–Trinajstić information content (AvgIpc) is 2.92. The number of nitrogens with zero attached hydrogens (tertiary/aromatic N) is 3. The first-order valence-corrected chi connectivity index (χ1v) is 6.51. The van der Waals surface area contributed by atoms with Gasteiger partial charge in [-0.3, -0.25) is 4.40 Å². The molecule has 0 bridgehead atoms. The number of nitrogens with one attached hydrogen (secondary N) is 1. The second kappa shape index (κ2) is 5.17. The Bertz CT molecular complexity index is 828. The van der Waals surface area contributed by atoms with E-state index in [2.05, 4.69) is 16.4 Å². The average molecular weight is 278 g/mol. The third-order valence-electron chi connectivity index (χ3n) is 3.36. The van der Waals surface area contributed by atoms with Gasteiger partial charge in [-0.2, -0.15) is 5.26 Å². The molecule has 0 aliphatic heterocycles. The highest BCUT2D eigenvalue weighted by Crippen LogP contribution is 2.29. The molecule has 1 aromatic carbocycles. The van der Waals surface area contributed by atoms with Crippen LogP contribution in [0.15, 0.2) is 42.6 Å². The number of fused-ring (bicyclic) bond motifs is 1. The number of anilines is 1. The van der Waals surface area contributed by atoms with Crippen LogP contribution in [0.3, 0.4) is 0 Å². The molecule has 0 fully saturated rings. The molecular weight excluding hydrogens is 264 g/mol. The Morgan fingerprint density at radius 2 is 2.00 bits per heavy atom. The van der Waals surface area contributed by atoms with Crippen molar-refractivity contribution in [3.05, 3.63) is 48.2 Å². The number of hydrogen-bond donors (Lipinski definition) is 1. The van der Waals surface area contributed by atoms with Crippen molar-refractivity contribution in [1.82, 2.24) is 9.38 Å². The third-order valence-corrected chi connectivity index (χ3v) is 3.36. The molecule has 0 atom stereocenters. The van der Waals surface area contributed by atoms with Crippen LogP contribution in [0.2, 0.25) is 0 Å². The van der Waals surface area contributed by atoms with Crippen molar-refractivity contribution < 1.29 is 4.74 Å². The molecule has 0 spiro atoms. The maximum absolute atomic E-state index is 8.99. The Balaban J connectivity index is 2.18. The minimum absolute atomic E-state index is 0.594. The molecule has 0 saturated carbocycles. The van der Waals surface area contributed by atoms with Crippen molar-refractivity contribution in [2.24, 2.45) is 0 Å². The molecule has 3 aromatic rings. The lowest BCUT2D eigenvalue weighted by Crippen LogP contribution is -1.95. The van der Waals surface area contributed by atoms with Gasteiger partial charge in [0.05, 0.1) is 18.7 Å². The van der Waals surface area contributed by atoms with Gasteiger partial charge < -0.3 is 10.1 Å². The summed E-state index contributed by atoms with van der Waals surface area (Å²) >= 11 is 0. The minimum atomic E-state index is 0.594. The first-order valence-electron chi connectivity index (χ1n) is 6.51. The second-order valence-corrected chi connectivity index (χ2v) is 4.54. The van der Waals surface area contributed by atoms with Crippen LogP contribution in [0.5, 0.6) is 5.75 Å². The molecule has 21 heavy (non-hydrogen) atoms. The Morgan fingerprint density at radius 3 is 2.62 bits per heavy atom. The number of pyridine rings is 1. The van der Waals surface area contributed by atoms with Crippen LogP contribution in [-0.4, -0.2) is 23.5 Å². The summed E-state index contributed by atoms with van der Waals surface area (Å²) in [5.41, 5.74) is 3.17. The first kappa shape index (κ1) is 13.0. The van der Waals surface area contributed by atoms with E-state index in [0.29, 0.717) is 5.56 Å². The number of nitriles is 1. The van der Waals surface area contributed by atoms with Gasteiger partial charge in [0.25, 0.3) is 0 Å². The molecule has 2 heterocycles. The predicted molar refractivity (Wildman–Crippen MR) is 81.4 cm³/mol. The third kappa shape index (κ3) is 2.17. The van der Waals surface area contributed by atoms with Crippen LogP contribution < -0.4 is 10.1 Å². The van der Waals surface area contributed by atoms with Gasteiger partial charge >= 0.3 is 0 Å². The highest BCUT2D eigenvalue weighted by Gasteiger charge is 2.13. The highest BCUT2D eigenvalue weighted by atomic mass is 16.5. The predicted octanol–water partition coefficient (Wildman–Crippen LogP) is 2.92. The van der Waals surface area contributed by atoms with Crippen LogP contribution in [0, 0.1) is 11.3 Å². The standard InChI is InChI=1S/C16H14N4O/c1-18-16-15(12-3-5-13(21-2)6-4-12)19-14-9-11(10-17)7-8-20(14)16/h3-9,18H,1-2H3. The van der Waals surface area contributed by atoms with E-state index in [-0.39, 0.29) is 0 Å². The number of methoxy groups -OCH3 is 1. The number of rotatable bonds is 3. The molecule has 3 rings (SSSR count). The smallest absolute Gasteiger partial charge is 0.140 e. The fraction of sp³-hybridized carbons (Fsp3) is 0.125. The number of imidazole rings is 1. The Labute approximate surface area is 122 Å². The summed E-state index contributed by atoms with van der Waals surface area (Å²) in [6, 6.07) is 13.4. The molecule has 0 unspecified atom stereocenters. The van der Waals surface area contributed by atoms with Gasteiger partial charge in [0.2, 0.25) is 0 Å². The Morgan fingerprint density at radius 1 is 1.24 bits per heavy atom. The van der Waals surface area contributed by atoms with Gasteiger partial charge in [0, 0.05) is 18.8 Å². The molecular formula is C16H14N4O. The molecule has 5 heteroatoms. The number of aromatic nitrogens is 2. The first-order chi connectivity index (χ1) is 10.3. The number of ether oxygens (including phenoxy) is 1. The van der Waals surface area contributed by atoms with Crippen LogP contribution in [-0.2, 0) is 0 Å². The van der Waals surface area contributed by atoms with Crippen LogP contribution in [0.4, 0.5) is 5.82 Å². The summed E-state index contributed by atoms with van der Waals surface area (Å²) in [5, 5.41) is 12.2. The molecule has 0 aliphatic rings. The van der Waals surface area contributed by atoms with E-state index in [1.807, 2.05) is 41.9 Å². The minimum Gasteiger partial charge on any atom is -0.497 e. The summed E-state index contributed by atoms with van der Waals surface area (Å²) < 4.78 is 7.10. The second-order valence-electron chi connectivity index (χ2n) is 4.54. The summed E-state index contributed by atoms with van der Waals surface area (Å²) in [4.78, 5) is 4.63. The van der Waals surface area contributed by atoms with E-state index in [1.54, 1.807) is 19.2 Å². The molecule has 1 N–H and O–H groups in total. The zero-order chi connectivity index (χ0) is 14.8. The lowest BCUT2D eigenvalue weighted by atomic mass is 10.1. The molecule has 5 nitrogen and oxygen atoms in total. The van der Waals surface area contributed by atoms with Crippen molar-refractivity contribution in [1.29, 1.82) is 5.26 Å². The van der Waals surface area contributed by atoms with Gasteiger partial charge in [-0.15, -0.1) is 0 Å². The van der Waals surface area contributed by atoms with E-state index in [1.165, 1.54) is 0 Å². The zero-order valence-corrected chi connectivity index (χ0v) is 11.8. The lowest BCUT2D eigenvalue weighted by molar-refractivity contribution is 0.415. The van der Waals surface area contributed by atoms with Crippen molar-refractivity contribution in [2.75, 3.05) is 19.5 Å². The normalized spacial score (nSPS) is 10.3. The largest absolute Gasteiger partial charge is 0.497 e. The maximum atomic E-state index is 8.99. The Kier molecular flexibility index (Phi) is 3.20. The van der Waals surface area contributed by atoms with E-state index < -0.39 is 0 Å². The monoisotopic (exact) mass is 278 g/mol. The topological polar surface area (TPSA) is 62.3 Å². The molecule has 2 aromatic heterocycles. The van der Waals surface area contributed by atoms with Crippen molar-refractivity contribution in [3.8, 4) is 23.1 Å². The van der Waals surface area contributed by atoms with Crippen molar-refractivity contribution in [3.63, 3.8) is 0 Å². The fourth-order valence-corrected chi connectivity index (χ4v) is 2.30. The summed E-state index contributed by atoms with van der Waals surface area (Å²) in [5.74, 6) is 1.69. The van der Waals surface area contributed by atoms with Gasteiger partial charge in [-0.25, -0.2) is 4.98 Å². The van der Waals surface area contributed by atoms with Crippen molar-refractivity contribution in [2.45, 2.75) is 0 Å². The molecule has 104 valence electrons. The summed E-state index contributed by atoms with van der Waals surface area (Å²) in [6.07, 6.45) is 1.85. The van der Waals surface area contributed by atoms with Gasteiger partial charge in [0.15, 0.2) is 0 Å². The van der Waals surface area contributed by atoms with Crippen LogP contribution >= 0.6 is 0 Å². The van der Waals surface area contributed by atoms with E-state index in [9.17, 15) is 0 Å². The van der Waals surface area contributed by atoms with Gasteiger partial charge in [0.1, 0.15) is 22.9 Å². The number of hydrogen-bond acceptors (Lipinski definition) is 4. The van der Waals surface area contributed by atoms with E-state index in [0.717, 1.165) is 28.5 Å². The van der Waals surface area contributed by atoms with E-state index in [4.69, 9.17) is 10.00 Å². The maximum Gasteiger partial charge on any atom is 0.140 e. The quantitative estimate of drug-likeness (QED) is 0.800. The Hall–Kier alpha value is -3.00. The van der Waals surface area contributed by atoms with Gasteiger partial charge in [-0.1, -0.05) is 0 Å².